The zero-order chi connectivity index (χ0) is 15.9. The van der Waals surface area contributed by atoms with Crippen molar-refractivity contribution < 1.29 is 14.0 Å². The van der Waals surface area contributed by atoms with E-state index in [0.717, 1.165) is 30.6 Å². The molecule has 5 nitrogen and oxygen atoms in total. The van der Waals surface area contributed by atoms with Gasteiger partial charge in [0.15, 0.2) is 0 Å². The van der Waals surface area contributed by atoms with Gasteiger partial charge in [-0.2, -0.15) is 0 Å². The van der Waals surface area contributed by atoms with E-state index < -0.39 is 5.54 Å². The average molecular weight is 305 g/mol. The third-order valence-corrected chi connectivity index (χ3v) is 4.29. The Morgan fingerprint density at radius 3 is 2.73 bits per heavy atom. The number of imide groups is 1. The van der Waals surface area contributed by atoms with Crippen LogP contribution in [0.1, 0.15) is 25.8 Å². The van der Waals surface area contributed by atoms with Crippen LogP contribution in [0, 0.1) is 5.82 Å². The standard InChI is InChI=1S/C16H20FN3O2/c1-16(2)14(21)20(15(22)18-16)9-8-19-7-3-4-11-10-12(17)5-6-13(11)19/h5-6,10H,3-4,7-9H2,1-2H3,(H,18,22). The summed E-state index contributed by atoms with van der Waals surface area (Å²) in [6.45, 7) is 5.16. The molecule has 3 amide bonds. The van der Waals surface area contributed by atoms with E-state index in [1.54, 1.807) is 26.0 Å². The minimum Gasteiger partial charge on any atom is -0.370 e. The van der Waals surface area contributed by atoms with Gasteiger partial charge in [0.1, 0.15) is 11.4 Å². The molecule has 0 unspecified atom stereocenters. The number of anilines is 1. The third kappa shape index (κ3) is 2.53. The summed E-state index contributed by atoms with van der Waals surface area (Å²) in [6, 6.07) is 4.46. The van der Waals surface area contributed by atoms with Crippen molar-refractivity contribution in [3.63, 3.8) is 0 Å². The Hall–Kier alpha value is -2.11. The molecule has 0 aliphatic carbocycles. The minimum absolute atomic E-state index is 0.200. The number of amides is 3. The maximum atomic E-state index is 13.3. The van der Waals surface area contributed by atoms with Crippen LogP contribution < -0.4 is 10.2 Å². The number of rotatable bonds is 3. The van der Waals surface area contributed by atoms with Crippen molar-refractivity contribution in [1.82, 2.24) is 10.2 Å². The quantitative estimate of drug-likeness (QED) is 0.868. The van der Waals surface area contributed by atoms with Crippen molar-refractivity contribution in [3.8, 4) is 0 Å². The van der Waals surface area contributed by atoms with Gasteiger partial charge in [-0.25, -0.2) is 9.18 Å². The molecule has 2 aliphatic rings. The highest BCUT2D eigenvalue weighted by Crippen LogP contribution is 2.27. The molecule has 6 heteroatoms. The average Bonchev–Trinajstić information content (AvgIpc) is 2.65. The number of nitrogens with one attached hydrogen (secondary N) is 1. The van der Waals surface area contributed by atoms with Gasteiger partial charge >= 0.3 is 6.03 Å². The van der Waals surface area contributed by atoms with E-state index in [9.17, 15) is 14.0 Å². The normalized spacial score (nSPS) is 20.1. The van der Waals surface area contributed by atoms with E-state index in [1.807, 2.05) is 0 Å². The Bertz CT molecular complexity index is 630. The van der Waals surface area contributed by atoms with Crippen LogP contribution in [-0.4, -0.2) is 42.0 Å². The maximum Gasteiger partial charge on any atom is 0.325 e. The fourth-order valence-electron chi connectivity index (χ4n) is 3.12. The molecule has 22 heavy (non-hydrogen) atoms. The molecule has 0 spiro atoms. The third-order valence-electron chi connectivity index (χ3n) is 4.29. The largest absolute Gasteiger partial charge is 0.370 e. The van der Waals surface area contributed by atoms with Crippen LogP contribution >= 0.6 is 0 Å². The molecule has 0 atom stereocenters. The lowest BCUT2D eigenvalue weighted by molar-refractivity contribution is -0.130. The number of nitrogens with zero attached hydrogens (tertiary/aromatic N) is 2. The molecular formula is C16H20FN3O2. The van der Waals surface area contributed by atoms with E-state index in [4.69, 9.17) is 0 Å². The van der Waals surface area contributed by atoms with E-state index >= 15 is 0 Å². The van der Waals surface area contributed by atoms with Crippen LogP contribution in [0.3, 0.4) is 0 Å². The first-order valence-corrected chi connectivity index (χ1v) is 7.56. The summed E-state index contributed by atoms with van der Waals surface area (Å²) >= 11 is 0. The molecule has 118 valence electrons. The van der Waals surface area contributed by atoms with E-state index in [-0.39, 0.29) is 17.8 Å². The maximum absolute atomic E-state index is 13.3. The zero-order valence-electron chi connectivity index (χ0n) is 12.9. The smallest absolute Gasteiger partial charge is 0.325 e. The topological polar surface area (TPSA) is 52.7 Å². The van der Waals surface area contributed by atoms with Gasteiger partial charge in [-0.05, 0) is 50.5 Å². The molecular weight excluding hydrogens is 285 g/mol. The van der Waals surface area contributed by atoms with Gasteiger partial charge in [0, 0.05) is 25.3 Å². The Morgan fingerprint density at radius 1 is 1.27 bits per heavy atom. The molecule has 0 radical (unpaired) electrons. The lowest BCUT2D eigenvalue weighted by Gasteiger charge is -2.32. The summed E-state index contributed by atoms with van der Waals surface area (Å²) in [7, 11) is 0. The van der Waals surface area contributed by atoms with Gasteiger partial charge in [0.05, 0.1) is 0 Å². The van der Waals surface area contributed by atoms with Crippen molar-refractivity contribution >= 4 is 17.6 Å². The number of halogens is 1. The Balaban J connectivity index is 1.71. The number of fused-ring (bicyclic) bond motifs is 1. The lowest BCUT2D eigenvalue weighted by atomic mass is 10.0. The van der Waals surface area contributed by atoms with Crippen LogP contribution in [-0.2, 0) is 11.2 Å². The minimum atomic E-state index is -0.833. The zero-order valence-corrected chi connectivity index (χ0v) is 12.9. The van der Waals surface area contributed by atoms with Gasteiger partial charge in [0.2, 0.25) is 0 Å². The number of urea groups is 1. The molecule has 3 rings (SSSR count). The van der Waals surface area contributed by atoms with Crippen LogP contribution in [0.4, 0.5) is 14.9 Å². The molecule has 1 fully saturated rings. The Labute approximate surface area is 129 Å². The van der Waals surface area contributed by atoms with Crippen LogP contribution in [0.2, 0.25) is 0 Å². The summed E-state index contributed by atoms with van der Waals surface area (Å²) < 4.78 is 13.3. The molecule has 2 aliphatic heterocycles. The van der Waals surface area contributed by atoms with Crippen LogP contribution in [0.25, 0.3) is 0 Å². The highest BCUT2D eigenvalue weighted by molar-refractivity contribution is 6.06. The van der Waals surface area contributed by atoms with Crippen LogP contribution in [0.15, 0.2) is 18.2 Å². The van der Waals surface area contributed by atoms with Crippen molar-refractivity contribution in [2.75, 3.05) is 24.5 Å². The SMILES string of the molecule is CC1(C)NC(=O)N(CCN2CCCc3cc(F)ccc32)C1=O. The molecule has 0 aromatic heterocycles. The van der Waals surface area contributed by atoms with Crippen molar-refractivity contribution in [2.45, 2.75) is 32.2 Å². The second-order valence-corrected chi connectivity index (χ2v) is 6.38. The Kier molecular flexibility index (Phi) is 3.54. The summed E-state index contributed by atoms with van der Waals surface area (Å²) in [6.07, 6.45) is 1.81. The summed E-state index contributed by atoms with van der Waals surface area (Å²) in [5.74, 6) is -0.426. The molecule has 0 bridgehead atoms. The Morgan fingerprint density at radius 2 is 2.05 bits per heavy atom. The van der Waals surface area contributed by atoms with Crippen molar-refractivity contribution in [3.05, 3.63) is 29.6 Å². The first-order valence-electron chi connectivity index (χ1n) is 7.56. The molecule has 1 aromatic rings. The van der Waals surface area contributed by atoms with Crippen molar-refractivity contribution in [1.29, 1.82) is 0 Å². The fourth-order valence-corrected chi connectivity index (χ4v) is 3.12. The number of aryl methyl sites for hydroxylation is 1. The number of carbonyl (C=O) groups is 2. The number of carbonyl (C=O) groups excluding carboxylic acids is 2. The highest BCUT2D eigenvalue weighted by Gasteiger charge is 2.44. The number of benzene rings is 1. The lowest BCUT2D eigenvalue weighted by Crippen LogP contribution is -2.42. The number of hydrogen-bond donors (Lipinski definition) is 1. The van der Waals surface area contributed by atoms with Crippen molar-refractivity contribution in [2.24, 2.45) is 0 Å². The summed E-state index contributed by atoms with van der Waals surface area (Å²) in [5.41, 5.74) is 1.16. The number of hydrogen-bond acceptors (Lipinski definition) is 3. The fraction of sp³-hybridized carbons (Fsp3) is 0.500. The van der Waals surface area contributed by atoms with Gasteiger partial charge in [0.25, 0.3) is 5.91 Å². The molecule has 1 aromatic carbocycles. The second-order valence-electron chi connectivity index (χ2n) is 6.38. The first-order chi connectivity index (χ1) is 10.4. The second kappa shape index (κ2) is 5.26. The van der Waals surface area contributed by atoms with E-state index in [2.05, 4.69) is 10.2 Å². The van der Waals surface area contributed by atoms with Gasteiger partial charge in [-0.15, -0.1) is 0 Å². The molecule has 1 saturated heterocycles. The first kappa shape index (κ1) is 14.8. The van der Waals surface area contributed by atoms with Gasteiger partial charge < -0.3 is 10.2 Å². The van der Waals surface area contributed by atoms with Gasteiger partial charge in [-0.1, -0.05) is 0 Å². The molecule has 0 saturated carbocycles. The highest BCUT2D eigenvalue weighted by atomic mass is 19.1. The van der Waals surface area contributed by atoms with E-state index in [0.29, 0.717) is 13.1 Å². The summed E-state index contributed by atoms with van der Waals surface area (Å²) in [4.78, 5) is 27.4. The van der Waals surface area contributed by atoms with Crippen LogP contribution in [0.5, 0.6) is 0 Å². The summed E-state index contributed by atoms with van der Waals surface area (Å²) in [5, 5.41) is 2.68. The monoisotopic (exact) mass is 305 g/mol. The predicted octanol–water partition coefficient (Wildman–Crippen LogP) is 1.91. The molecule has 2 heterocycles. The van der Waals surface area contributed by atoms with E-state index in [1.165, 1.54) is 11.0 Å². The molecule has 1 N–H and O–H groups in total. The predicted molar refractivity (Wildman–Crippen MR) is 81.3 cm³/mol. The van der Waals surface area contributed by atoms with Gasteiger partial charge in [-0.3, -0.25) is 9.69 Å².